The van der Waals surface area contributed by atoms with Crippen LogP contribution in [0.15, 0.2) is 71.9 Å². The number of aromatic amines is 1. The molecule has 1 N–H and O–H groups in total. The average Bonchev–Trinajstić information content (AvgIpc) is 2.93. The molecular formula is C16H12N2O. The average molecular weight is 249 g/mol. The Hall–Kier alpha value is -2.68. The SMILES string of the molecule is O=[15N]c1[nH]c(-c2ccccc2)cc1-c1ccccc1. The molecule has 0 spiro atoms. The smallest absolute Gasteiger partial charge is 0.183 e. The van der Waals surface area contributed by atoms with E-state index in [4.69, 9.17) is 0 Å². The Bertz CT molecular complexity index is 687. The summed E-state index contributed by atoms with van der Waals surface area (Å²) in [6, 6.07) is 21.6. The molecule has 0 atom stereocenters. The van der Waals surface area contributed by atoms with Crippen LogP contribution in [0.2, 0.25) is 0 Å². The standard InChI is InChI=1S/C16H12N2O/c19-18-16-14(12-7-3-1-4-8-12)11-15(17-16)13-9-5-2-6-10-13/h1-11,17H/i18+1. The highest BCUT2D eigenvalue weighted by Crippen LogP contribution is 2.34. The molecule has 0 fully saturated rings. The Morgan fingerprint density at radius 1 is 0.789 bits per heavy atom. The number of hydrogen-bond donors (Lipinski definition) is 1. The Balaban J connectivity index is 2.12. The van der Waals surface area contributed by atoms with Crippen molar-refractivity contribution in [1.29, 1.82) is 0 Å². The molecule has 0 saturated carbocycles. The highest BCUT2D eigenvalue weighted by Gasteiger charge is 2.11. The van der Waals surface area contributed by atoms with E-state index in [2.05, 4.69) is 10.2 Å². The fourth-order valence-corrected chi connectivity index (χ4v) is 2.13. The molecular weight excluding hydrogens is 237 g/mol. The van der Waals surface area contributed by atoms with Gasteiger partial charge in [-0.25, -0.2) is 0 Å². The molecule has 3 heteroatoms. The number of rotatable bonds is 3. The first-order valence-corrected chi connectivity index (χ1v) is 6.05. The lowest BCUT2D eigenvalue weighted by Gasteiger charge is -1.96. The molecule has 1 aromatic heterocycles. The Labute approximate surface area is 110 Å². The van der Waals surface area contributed by atoms with E-state index in [-0.39, 0.29) is 0 Å². The van der Waals surface area contributed by atoms with Crippen LogP contribution in [0.25, 0.3) is 22.4 Å². The van der Waals surface area contributed by atoms with Crippen LogP contribution in [0, 0.1) is 4.91 Å². The third-order valence-electron chi connectivity index (χ3n) is 3.06. The molecule has 3 rings (SSSR count). The van der Waals surface area contributed by atoms with Gasteiger partial charge in [0.1, 0.15) is 0 Å². The minimum Gasteiger partial charge on any atom is -0.336 e. The van der Waals surface area contributed by atoms with Gasteiger partial charge in [0.15, 0.2) is 5.82 Å². The third kappa shape index (κ3) is 2.18. The molecule has 19 heavy (non-hydrogen) atoms. The van der Waals surface area contributed by atoms with Crippen molar-refractivity contribution < 1.29 is 0 Å². The van der Waals surface area contributed by atoms with Gasteiger partial charge in [-0.2, -0.15) is 0 Å². The molecule has 1 heterocycles. The summed E-state index contributed by atoms with van der Waals surface area (Å²) < 4.78 is 0. The van der Waals surface area contributed by atoms with E-state index in [0.717, 1.165) is 22.4 Å². The fourth-order valence-electron chi connectivity index (χ4n) is 2.13. The summed E-state index contributed by atoms with van der Waals surface area (Å²) in [6.07, 6.45) is 0. The predicted octanol–water partition coefficient (Wildman–Crippen LogP) is 4.75. The molecule has 0 amide bonds. The molecule has 0 unspecified atom stereocenters. The summed E-state index contributed by atoms with van der Waals surface area (Å²) in [5.41, 5.74) is 3.74. The summed E-state index contributed by atoms with van der Waals surface area (Å²) in [6.45, 7) is 0. The zero-order valence-corrected chi connectivity index (χ0v) is 10.2. The van der Waals surface area contributed by atoms with E-state index in [9.17, 15) is 4.91 Å². The van der Waals surface area contributed by atoms with E-state index in [0.29, 0.717) is 5.82 Å². The van der Waals surface area contributed by atoms with E-state index in [1.807, 2.05) is 66.7 Å². The summed E-state index contributed by atoms with van der Waals surface area (Å²) in [5, 5.41) is 3.09. The van der Waals surface area contributed by atoms with Gasteiger partial charge in [0.05, 0.1) is 0 Å². The van der Waals surface area contributed by atoms with Crippen molar-refractivity contribution in [2.45, 2.75) is 0 Å². The third-order valence-corrected chi connectivity index (χ3v) is 3.06. The van der Waals surface area contributed by atoms with Gasteiger partial charge in [-0.1, -0.05) is 60.7 Å². The minimum absolute atomic E-state index is 0.366. The van der Waals surface area contributed by atoms with Crippen LogP contribution >= 0.6 is 0 Å². The fraction of sp³-hybridized carbons (Fsp3) is 0. The number of nitroso groups, excluding NO2 is 1. The molecule has 3 nitrogen and oxygen atoms in total. The van der Waals surface area contributed by atoms with Crippen molar-refractivity contribution >= 4 is 5.82 Å². The largest absolute Gasteiger partial charge is 0.336 e. The molecule has 0 radical (unpaired) electrons. The zero-order chi connectivity index (χ0) is 13.1. The zero-order valence-electron chi connectivity index (χ0n) is 10.2. The number of benzene rings is 2. The maximum absolute atomic E-state index is 11.0. The number of H-pyrrole nitrogens is 1. The Kier molecular flexibility index (Phi) is 2.94. The van der Waals surface area contributed by atoms with Crippen molar-refractivity contribution in [1.82, 2.24) is 4.98 Å². The topological polar surface area (TPSA) is 45.2 Å². The lowest BCUT2D eigenvalue weighted by molar-refractivity contribution is 1.32. The number of nitrogens with zero attached hydrogens (tertiary/aromatic N) is 1. The lowest BCUT2D eigenvalue weighted by atomic mass is 10.1. The minimum atomic E-state index is 0.366. The van der Waals surface area contributed by atoms with E-state index >= 15 is 0 Å². The van der Waals surface area contributed by atoms with E-state index in [1.54, 1.807) is 0 Å². The maximum atomic E-state index is 11.0. The molecule has 0 aliphatic carbocycles. The summed E-state index contributed by atoms with van der Waals surface area (Å²) in [4.78, 5) is 14.0. The van der Waals surface area contributed by atoms with Gasteiger partial charge in [0.25, 0.3) is 0 Å². The molecule has 0 aliphatic rings. The van der Waals surface area contributed by atoms with E-state index < -0.39 is 0 Å². The van der Waals surface area contributed by atoms with Gasteiger partial charge < -0.3 is 4.98 Å². The van der Waals surface area contributed by atoms with Gasteiger partial charge in [-0.3, -0.25) is 0 Å². The normalized spacial score (nSPS) is 10.3. The first kappa shape index (κ1) is 11.4. The van der Waals surface area contributed by atoms with E-state index in [1.165, 1.54) is 0 Å². The van der Waals surface area contributed by atoms with Crippen molar-refractivity contribution in [3.63, 3.8) is 0 Å². The Morgan fingerprint density at radius 2 is 1.37 bits per heavy atom. The van der Waals surface area contributed by atoms with Crippen molar-refractivity contribution in [3.8, 4) is 22.4 Å². The van der Waals surface area contributed by atoms with Gasteiger partial charge in [0, 0.05) is 11.3 Å². The number of hydrogen-bond acceptors (Lipinski definition) is 2. The van der Waals surface area contributed by atoms with Crippen LogP contribution in [0.1, 0.15) is 0 Å². The van der Waals surface area contributed by atoms with Crippen molar-refractivity contribution in [3.05, 3.63) is 71.6 Å². The number of nitrogens with one attached hydrogen (secondary N) is 1. The van der Waals surface area contributed by atoms with Crippen molar-refractivity contribution in [2.75, 3.05) is 0 Å². The molecule has 3 aromatic rings. The van der Waals surface area contributed by atoms with Gasteiger partial charge in [0.2, 0.25) is 0 Å². The van der Waals surface area contributed by atoms with Gasteiger partial charge in [-0.15, -0.1) is 4.91 Å². The lowest BCUT2D eigenvalue weighted by Crippen LogP contribution is -1.74. The van der Waals surface area contributed by atoms with Crippen LogP contribution < -0.4 is 0 Å². The molecule has 2 aromatic carbocycles. The van der Waals surface area contributed by atoms with Gasteiger partial charge in [-0.05, 0) is 22.4 Å². The second-order valence-corrected chi connectivity index (χ2v) is 4.27. The highest BCUT2D eigenvalue weighted by molar-refractivity contribution is 5.80. The first-order chi connectivity index (χ1) is 9.38. The van der Waals surface area contributed by atoms with Crippen LogP contribution in [0.4, 0.5) is 5.82 Å². The monoisotopic (exact) mass is 249 g/mol. The molecule has 0 bridgehead atoms. The molecule has 92 valence electrons. The maximum Gasteiger partial charge on any atom is 0.183 e. The summed E-state index contributed by atoms with van der Waals surface area (Å²) >= 11 is 0. The highest BCUT2D eigenvalue weighted by atomic mass is 16.4. The van der Waals surface area contributed by atoms with Crippen LogP contribution in [0.3, 0.4) is 0 Å². The summed E-state index contributed by atoms with van der Waals surface area (Å²) in [7, 11) is 0. The van der Waals surface area contributed by atoms with Crippen LogP contribution in [0.5, 0.6) is 0 Å². The molecule has 0 aliphatic heterocycles. The van der Waals surface area contributed by atoms with Crippen molar-refractivity contribution in [2.24, 2.45) is 5.18 Å². The molecule has 0 saturated heterocycles. The quantitative estimate of drug-likeness (QED) is 0.528. The van der Waals surface area contributed by atoms with Crippen LogP contribution in [-0.2, 0) is 0 Å². The van der Waals surface area contributed by atoms with Gasteiger partial charge >= 0.3 is 0 Å². The predicted molar refractivity (Wildman–Crippen MR) is 77.1 cm³/mol. The number of aromatic nitrogens is 1. The van der Waals surface area contributed by atoms with Crippen LogP contribution in [-0.4, -0.2) is 4.98 Å². The first-order valence-electron chi connectivity index (χ1n) is 6.05. The Morgan fingerprint density at radius 3 is 1.95 bits per heavy atom. The summed E-state index contributed by atoms with van der Waals surface area (Å²) in [5.74, 6) is 0.366. The second kappa shape index (κ2) is 4.90. The second-order valence-electron chi connectivity index (χ2n) is 4.27.